The number of benzene rings is 1. The first-order chi connectivity index (χ1) is 9.01. The third-order valence-electron chi connectivity index (χ3n) is 2.87. The van der Waals surface area contributed by atoms with E-state index in [0.717, 1.165) is 6.42 Å². The summed E-state index contributed by atoms with van der Waals surface area (Å²) in [6.07, 6.45) is 0.723. The van der Waals surface area contributed by atoms with Crippen LogP contribution in [0.4, 0.5) is 0 Å². The van der Waals surface area contributed by atoms with E-state index in [2.05, 4.69) is 10.1 Å². The van der Waals surface area contributed by atoms with Crippen molar-refractivity contribution in [2.24, 2.45) is 5.73 Å². The maximum Gasteiger partial charge on any atom is 0.264 e. The average Bonchev–Trinajstić information content (AvgIpc) is 2.86. The van der Waals surface area contributed by atoms with Gasteiger partial charge in [-0.05, 0) is 31.5 Å². The van der Waals surface area contributed by atoms with Gasteiger partial charge >= 0.3 is 0 Å². The molecule has 6 heteroatoms. The predicted octanol–water partition coefficient (Wildman–Crippen LogP) is 2.89. The van der Waals surface area contributed by atoms with Gasteiger partial charge in [-0.1, -0.05) is 29.7 Å². The van der Waals surface area contributed by atoms with Gasteiger partial charge in [-0.15, -0.1) is 0 Å². The van der Waals surface area contributed by atoms with Crippen molar-refractivity contribution in [2.75, 3.05) is 0 Å². The zero-order valence-corrected chi connectivity index (χ0v) is 11.6. The Morgan fingerprint density at radius 1 is 1.47 bits per heavy atom. The fourth-order valence-corrected chi connectivity index (χ4v) is 1.59. The molecule has 1 unspecified atom stereocenters. The topological polar surface area (TPSA) is 74.2 Å². The van der Waals surface area contributed by atoms with Crippen molar-refractivity contribution in [1.82, 2.24) is 10.1 Å². The van der Waals surface area contributed by atoms with Crippen LogP contribution < -0.4 is 10.5 Å². The third-order valence-corrected chi connectivity index (χ3v) is 3.11. The Morgan fingerprint density at radius 3 is 2.95 bits per heavy atom. The molecule has 0 aliphatic rings. The van der Waals surface area contributed by atoms with E-state index in [4.69, 9.17) is 26.6 Å². The Labute approximate surface area is 116 Å². The lowest BCUT2D eigenvalue weighted by Crippen LogP contribution is -2.33. The van der Waals surface area contributed by atoms with Crippen LogP contribution in [0.5, 0.6) is 5.75 Å². The maximum absolute atomic E-state index is 6.03. The number of ether oxygens (including phenoxy) is 1. The Kier molecular flexibility index (Phi) is 4.07. The molecule has 0 fully saturated rings. The molecule has 0 aliphatic heterocycles. The molecule has 0 spiro atoms. The lowest BCUT2D eigenvalue weighted by molar-refractivity contribution is 0.241. The van der Waals surface area contributed by atoms with Crippen molar-refractivity contribution in [1.29, 1.82) is 0 Å². The van der Waals surface area contributed by atoms with Gasteiger partial charge in [0.15, 0.2) is 12.4 Å². The number of nitrogens with zero attached hydrogens (tertiary/aromatic N) is 2. The van der Waals surface area contributed by atoms with Crippen molar-refractivity contribution < 1.29 is 9.26 Å². The van der Waals surface area contributed by atoms with Gasteiger partial charge < -0.3 is 15.0 Å². The summed E-state index contributed by atoms with van der Waals surface area (Å²) < 4.78 is 10.6. The Morgan fingerprint density at radius 2 is 2.26 bits per heavy atom. The molecule has 0 saturated heterocycles. The van der Waals surface area contributed by atoms with E-state index in [0.29, 0.717) is 22.5 Å². The van der Waals surface area contributed by atoms with Crippen LogP contribution in [0.3, 0.4) is 0 Å². The van der Waals surface area contributed by atoms with Crippen molar-refractivity contribution >= 4 is 11.6 Å². The zero-order chi connectivity index (χ0) is 13.9. The van der Waals surface area contributed by atoms with Crippen molar-refractivity contribution in [3.05, 3.63) is 41.0 Å². The van der Waals surface area contributed by atoms with Gasteiger partial charge in [0.05, 0.1) is 5.54 Å². The summed E-state index contributed by atoms with van der Waals surface area (Å²) in [7, 11) is 0. The second-order valence-electron chi connectivity index (χ2n) is 4.53. The summed E-state index contributed by atoms with van der Waals surface area (Å²) in [6, 6.07) is 7.12. The molecule has 19 heavy (non-hydrogen) atoms. The fraction of sp³-hybridized carbons (Fsp3) is 0.385. The van der Waals surface area contributed by atoms with E-state index in [-0.39, 0.29) is 6.61 Å². The minimum atomic E-state index is -0.586. The monoisotopic (exact) mass is 281 g/mol. The SMILES string of the molecule is CCC(C)(N)c1noc(COc2cccc(Cl)c2)n1. The number of halogens is 1. The van der Waals surface area contributed by atoms with E-state index in [1.165, 1.54) is 0 Å². The molecule has 2 N–H and O–H groups in total. The first-order valence-corrected chi connectivity index (χ1v) is 6.39. The molecule has 102 valence electrons. The molecule has 0 amide bonds. The van der Waals surface area contributed by atoms with Crippen molar-refractivity contribution in [3.8, 4) is 5.75 Å². The summed E-state index contributed by atoms with van der Waals surface area (Å²) in [5, 5.41) is 4.49. The normalized spacial score (nSPS) is 14.1. The molecule has 2 rings (SSSR count). The lowest BCUT2D eigenvalue weighted by atomic mass is 10.0. The average molecular weight is 282 g/mol. The van der Waals surface area contributed by atoms with Gasteiger partial charge in [0.2, 0.25) is 0 Å². The van der Waals surface area contributed by atoms with E-state index in [9.17, 15) is 0 Å². The van der Waals surface area contributed by atoms with Crippen molar-refractivity contribution in [3.63, 3.8) is 0 Å². The van der Waals surface area contributed by atoms with Crippen LogP contribution in [0.2, 0.25) is 5.02 Å². The van der Waals surface area contributed by atoms with Gasteiger partial charge in [-0.25, -0.2) is 0 Å². The molecule has 1 heterocycles. The Bertz CT molecular complexity index is 554. The number of aromatic nitrogens is 2. The van der Waals surface area contributed by atoms with Gasteiger partial charge in [-0.3, -0.25) is 0 Å². The third kappa shape index (κ3) is 3.45. The summed E-state index contributed by atoms with van der Waals surface area (Å²) in [4.78, 5) is 4.23. The molecule has 5 nitrogen and oxygen atoms in total. The van der Waals surface area contributed by atoms with Crippen LogP contribution in [0.25, 0.3) is 0 Å². The lowest BCUT2D eigenvalue weighted by Gasteiger charge is -2.16. The van der Waals surface area contributed by atoms with Crippen LogP contribution in [-0.4, -0.2) is 10.1 Å². The van der Waals surface area contributed by atoms with Gasteiger partial charge in [0, 0.05) is 5.02 Å². The van der Waals surface area contributed by atoms with Crippen LogP contribution in [0.1, 0.15) is 32.0 Å². The molecular formula is C13H16ClN3O2. The Hall–Kier alpha value is -1.59. The molecule has 1 atom stereocenters. The quantitative estimate of drug-likeness (QED) is 0.912. The zero-order valence-electron chi connectivity index (χ0n) is 10.9. The van der Waals surface area contributed by atoms with Gasteiger partial charge in [0.1, 0.15) is 5.75 Å². The van der Waals surface area contributed by atoms with Crippen LogP contribution in [0.15, 0.2) is 28.8 Å². The summed E-state index contributed by atoms with van der Waals surface area (Å²) in [6.45, 7) is 4.02. The van der Waals surface area contributed by atoms with Crippen LogP contribution >= 0.6 is 11.6 Å². The van der Waals surface area contributed by atoms with Gasteiger partial charge in [-0.2, -0.15) is 4.98 Å². The second-order valence-corrected chi connectivity index (χ2v) is 4.97. The maximum atomic E-state index is 6.03. The molecule has 0 radical (unpaired) electrons. The summed E-state index contributed by atoms with van der Waals surface area (Å²) >= 11 is 5.86. The molecule has 1 aromatic heterocycles. The molecule has 1 aromatic carbocycles. The molecular weight excluding hydrogens is 266 g/mol. The first-order valence-electron chi connectivity index (χ1n) is 6.01. The first kappa shape index (κ1) is 13.8. The van der Waals surface area contributed by atoms with Crippen LogP contribution in [0, 0.1) is 0 Å². The number of hydrogen-bond donors (Lipinski definition) is 1. The highest BCUT2D eigenvalue weighted by molar-refractivity contribution is 6.30. The predicted molar refractivity (Wildman–Crippen MR) is 71.9 cm³/mol. The Balaban J connectivity index is 2.01. The minimum Gasteiger partial charge on any atom is -0.484 e. The largest absolute Gasteiger partial charge is 0.484 e. The fourth-order valence-electron chi connectivity index (χ4n) is 1.41. The molecule has 2 aromatic rings. The van der Waals surface area contributed by atoms with Gasteiger partial charge in [0.25, 0.3) is 5.89 Å². The smallest absolute Gasteiger partial charge is 0.264 e. The standard InChI is InChI=1S/C13H16ClN3O2/c1-3-13(2,15)12-16-11(19-17-12)8-18-10-6-4-5-9(14)7-10/h4-7H,3,8,15H2,1-2H3. The number of rotatable bonds is 5. The van der Waals surface area contributed by atoms with E-state index >= 15 is 0 Å². The van der Waals surface area contributed by atoms with Crippen molar-refractivity contribution in [2.45, 2.75) is 32.4 Å². The number of hydrogen-bond acceptors (Lipinski definition) is 5. The highest BCUT2D eigenvalue weighted by Crippen LogP contribution is 2.20. The highest BCUT2D eigenvalue weighted by Gasteiger charge is 2.25. The van der Waals surface area contributed by atoms with Crippen LogP contribution in [-0.2, 0) is 12.1 Å². The molecule has 0 aliphatic carbocycles. The van der Waals surface area contributed by atoms with E-state index < -0.39 is 5.54 Å². The van der Waals surface area contributed by atoms with E-state index in [1.807, 2.05) is 26.0 Å². The number of nitrogens with two attached hydrogens (primary N) is 1. The van der Waals surface area contributed by atoms with E-state index in [1.54, 1.807) is 12.1 Å². The summed E-state index contributed by atoms with van der Waals surface area (Å²) in [5.74, 6) is 1.53. The summed E-state index contributed by atoms with van der Waals surface area (Å²) in [5.41, 5.74) is 5.45. The minimum absolute atomic E-state index is 0.188. The second kappa shape index (κ2) is 5.59. The molecule has 0 bridgehead atoms. The molecule has 0 saturated carbocycles. The highest BCUT2D eigenvalue weighted by atomic mass is 35.5.